The van der Waals surface area contributed by atoms with Gasteiger partial charge in [0.15, 0.2) is 15.9 Å². The Morgan fingerprint density at radius 2 is 2.05 bits per heavy atom. The molecule has 1 unspecified atom stereocenters. The van der Waals surface area contributed by atoms with E-state index < -0.39 is 9.84 Å². The monoisotopic (exact) mass is 323 g/mol. The Morgan fingerprint density at radius 1 is 1.32 bits per heavy atom. The highest BCUT2D eigenvalue weighted by Gasteiger charge is 2.33. The minimum absolute atomic E-state index is 0.0310. The zero-order chi connectivity index (χ0) is 15.7. The van der Waals surface area contributed by atoms with E-state index in [1.807, 2.05) is 13.0 Å². The highest BCUT2D eigenvalue weighted by molar-refractivity contribution is 7.91. The second-order valence-corrected chi connectivity index (χ2v) is 8.66. The van der Waals surface area contributed by atoms with Gasteiger partial charge < -0.3 is 10.2 Å². The summed E-state index contributed by atoms with van der Waals surface area (Å²) in [5.74, 6) is 0.247. The number of benzene rings is 1. The molecule has 1 amide bonds. The van der Waals surface area contributed by atoms with Crippen molar-refractivity contribution >= 4 is 15.7 Å². The van der Waals surface area contributed by atoms with Crippen molar-refractivity contribution in [2.75, 3.05) is 18.1 Å². The zero-order valence-electron chi connectivity index (χ0n) is 12.8. The largest absolute Gasteiger partial charge is 0.347 e. The molecule has 6 heteroatoms. The maximum Gasteiger partial charge on any atom is 0.278 e. The number of sulfone groups is 1. The smallest absolute Gasteiger partial charge is 0.278 e. The second-order valence-electron chi connectivity index (χ2n) is 6.43. The lowest BCUT2D eigenvalue weighted by Gasteiger charge is -2.30. The minimum Gasteiger partial charge on any atom is -0.347 e. The van der Waals surface area contributed by atoms with Crippen molar-refractivity contribution < 1.29 is 18.1 Å². The van der Waals surface area contributed by atoms with Gasteiger partial charge in [-0.1, -0.05) is 24.3 Å². The molecule has 22 heavy (non-hydrogen) atoms. The lowest BCUT2D eigenvalue weighted by molar-refractivity contribution is -0.929. The van der Waals surface area contributed by atoms with E-state index in [4.69, 9.17) is 0 Å². The Morgan fingerprint density at radius 3 is 2.73 bits per heavy atom. The first kappa shape index (κ1) is 15.5. The summed E-state index contributed by atoms with van der Waals surface area (Å²) in [5.41, 5.74) is 2.69. The fraction of sp³-hybridized carbons (Fsp3) is 0.562. The number of carbonyl (C=O) groups is 1. The van der Waals surface area contributed by atoms with Gasteiger partial charge >= 0.3 is 0 Å². The number of hydrogen-bond donors (Lipinski definition) is 2. The topological polar surface area (TPSA) is 67.7 Å². The summed E-state index contributed by atoms with van der Waals surface area (Å²) >= 11 is 0. The van der Waals surface area contributed by atoms with E-state index in [0.29, 0.717) is 6.42 Å². The molecule has 1 saturated heterocycles. The van der Waals surface area contributed by atoms with E-state index in [2.05, 4.69) is 23.5 Å². The molecule has 120 valence electrons. The van der Waals surface area contributed by atoms with Crippen LogP contribution in [0.5, 0.6) is 0 Å². The first-order valence-electron chi connectivity index (χ1n) is 7.87. The van der Waals surface area contributed by atoms with Gasteiger partial charge in [0.1, 0.15) is 6.54 Å². The SMILES string of the molecule is C[C@H](C(=O)N[C@@H]1CCS(=O)(=O)C1)[NH+]1CCc2ccccc2C1. The van der Waals surface area contributed by atoms with Crippen LogP contribution in [0.3, 0.4) is 0 Å². The Hall–Kier alpha value is -1.40. The van der Waals surface area contributed by atoms with E-state index in [1.165, 1.54) is 16.0 Å². The number of quaternary nitrogens is 1. The average Bonchev–Trinajstić information content (AvgIpc) is 2.84. The van der Waals surface area contributed by atoms with E-state index in [1.54, 1.807) is 0 Å². The number of nitrogens with one attached hydrogen (secondary N) is 2. The molecule has 1 fully saturated rings. The lowest BCUT2D eigenvalue weighted by Crippen LogP contribution is -3.16. The molecule has 2 heterocycles. The van der Waals surface area contributed by atoms with Crippen molar-refractivity contribution in [2.24, 2.45) is 0 Å². The zero-order valence-corrected chi connectivity index (χ0v) is 13.7. The summed E-state index contributed by atoms with van der Waals surface area (Å²) in [7, 11) is -2.95. The molecule has 2 aliphatic heterocycles. The van der Waals surface area contributed by atoms with E-state index >= 15 is 0 Å². The van der Waals surface area contributed by atoms with Gasteiger partial charge in [-0.2, -0.15) is 0 Å². The summed E-state index contributed by atoms with van der Waals surface area (Å²) in [6.45, 7) is 3.73. The minimum atomic E-state index is -2.95. The molecule has 0 bridgehead atoms. The summed E-state index contributed by atoms with van der Waals surface area (Å²) in [4.78, 5) is 13.6. The molecule has 1 aromatic rings. The van der Waals surface area contributed by atoms with Gasteiger partial charge in [0.05, 0.1) is 18.1 Å². The van der Waals surface area contributed by atoms with Gasteiger partial charge in [-0.05, 0) is 18.9 Å². The van der Waals surface area contributed by atoms with Crippen molar-refractivity contribution in [1.29, 1.82) is 0 Å². The number of carbonyl (C=O) groups excluding carboxylic acids is 1. The molecule has 1 aromatic carbocycles. The Balaban J connectivity index is 1.60. The molecule has 2 N–H and O–H groups in total. The standard InChI is InChI=1S/C16H22N2O3S/c1-12(16(19)17-15-7-9-22(20,21)11-15)18-8-6-13-4-2-3-5-14(13)10-18/h2-5,12,15H,6-11H2,1H3,(H,17,19)/p+1/t12-,15-/m1/s1. The van der Waals surface area contributed by atoms with Gasteiger partial charge in [0.2, 0.25) is 0 Å². The van der Waals surface area contributed by atoms with E-state index in [-0.39, 0.29) is 29.5 Å². The summed E-state index contributed by atoms with van der Waals surface area (Å²) in [6, 6.07) is 8.01. The van der Waals surface area contributed by atoms with Crippen LogP contribution in [0.2, 0.25) is 0 Å². The molecule has 2 aliphatic rings. The maximum absolute atomic E-state index is 12.4. The molecule has 0 spiro atoms. The van der Waals surface area contributed by atoms with Crippen molar-refractivity contribution in [1.82, 2.24) is 5.32 Å². The molecule has 3 atom stereocenters. The van der Waals surface area contributed by atoms with Crippen molar-refractivity contribution in [3.8, 4) is 0 Å². The number of amides is 1. The highest BCUT2D eigenvalue weighted by atomic mass is 32.2. The molecule has 0 radical (unpaired) electrons. The van der Waals surface area contributed by atoms with Crippen molar-refractivity contribution in [3.05, 3.63) is 35.4 Å². The lowest BCUT2D eigenvalue weighted by atomic mass is 9.98. The second kappa shape index (κ2) is 6.01. The molecule has 0 aliphatic carbocycles. The molecule has 0 saturated carbocycles. The van der Waals surface area contributed by atoms with E-state index in [9.17, 15) is 13.2 Å². The molecular weight excluding hydrogens is 300 g/mol. The highest BCUT2D eigenvalue weighted by Crippen LogP contribution is 2.12. The first-order valence-corrected chi connectivity index (χ1v) is 9.69. The van der Waals surface area contributed by atoms with Crippen LogP contribution in [0.15, 0.2) is 24.3 Å². The molecule has 3 rings (SSSR count). The van der Waals surface area contributed by atoms with Crippen LogP contribution in [0.25, 0.3) is 0 Å². The number of fused-ring (bicyclic) bond motifs is 1. The van der Waals surface area contributed by atoms with Crippen LogP contribution in [-0.2, 0) is 27.6 Å². The van der Waals surface area contributed by atoms with Crippen molar-refractivity contribution in [3.63, 3.8) is 0 Å². The normalized spacial score (nSPS) is 27.9. The molecule has 0 aromatic heterocycles. The van der Waals surface area contributed by atoms with Gasteiger partial charge in [-0.25, -0.2) is 8.42 Å². The number of rotatable bonds is 3. The van der Waals surface area contributed by atoms with Crippen LogP contribution in [0.1, 0.15) is 24.5 Å². The number of hydrogen-bond acceptors (Lipinski definition) is 3. The Kier molecular flexibility index (Phi) is 4.23. The third-order valence-electron chi connectivity index (χ3n) is 4.84. The maximum atomic E-state index is 12.4. The average molecular weight is 323 g/mol. The van der Waals surface area contributed by atoms with E-state index in [0.717, 1.165) is 19.5 Å². The third kappa shape index (κ3) is 3.33. The Labute approximate surface area is 131 Å². The van der Waals surface area contributed by atoms with Crippen LogP contribution < -0.4 is 10.2 Å². The summed E-state index contributed by atoms with van der Waals surface area (Å²) in [6.07, 6.45) is 1.53. The quantitative estimate of drug-likeness (QED) is 0.774. The summed E-state index contributed by atoms with van der Waals surface area (Å²) < 4.78 is 22.9. The summed E-state index contributed by atoms with van der Waals surface area (Å²) in [5, 5.41) is 2.92. The first-order chi connectivity index (χ1) is 10.4. The molecular formula is C16H23N2O3S+. The van der Waals surface area contributed by atoms with Gasteiger partial charge in [0.25, 0.3) is 5.91 Å². The fourth-order valence-electron chi connectivity index (χ4n) is 3.39. The predicted octanol–water partition coefficient (Wildman–Crippen LogP) is -0.681. The van der Waals surface area contributed by atoms with Crippen LogP contribution in [0, 0.1) is 0 Å². The van der Waals surface area contributed by atoms with Crippen LogP contribution in [-0.4, -0.2) is 44.5 Å². The van der Waals surface area contributed by atoms with Crippen LogP contribution in [0.4, 0.5) is 0 Å². The third-order valence-corrected chi connectivity index (χ3v) is 6.60. The predicted molar refractivity (Wildman–Crippen MR) is 84.3 cm³/mol. The Bertz CT molecular complexity index is 672. The van der Waals surface area contributed by atoms with Crippen LogP contribution >= 0.6 is 0 Å². The van der Waals surface area contributed by atoms with Crippen molar-refractivity contribution in [2.45, 2.75) is 38.4 Å². The molecule has 5 nitrogen and oxygen atoms in total. The van der Waals surface area contributed by atoms with Gasteiger partial charge in [-0.3, -0.25) is 4.79 Å². The fourth-order valence-corrected chi connectivity index (χ4v) is 5.07. The van der Waals surface area contributed by atoms with Gasteiger partial charge in [-0.15, -0.1) is 0 Å². The van der Waals surface area contributed by atoms with Gasteiger partial charge in [0, 0.05) is 18.0 Å².